The first kappa shape index (κ1) is 12.1. The summed E-state index contributed by atoms with van der Waals surface area (Å²) in [6.45, 7) is 1.90. The third-order valence-corrected chi connectivity index (χ3v) is 3.42. The summed E-state index contributed by atoms with van der Waals surface area (Å²) in [5.74, 6) is -0.0617. The molecule has 0 aromatic heterocycles. The predicted molar refractivity (Wildman–Crippen MR) is 67.3 cm³/mol. The third-order valence-electron chi connectivity index (χ3n) is 3.42. The Labute approximate surface area is 102 Å². The van der Waals surface area contributed by atoms with E-state index in [1.165, 1.54) is 17.5 Å². The number of nitrogens with zero attached hydrogens (tertiary/aromatic N) is 1. The molecule has 0 saturated heterocycles. The van der Waals surface area contributed by atoms with Gasteiger partial charge >= 0.3 is 5.97 Å². The number of hydrogen-bond acceptors (Lipinski definition) is 2. The summed E-state index contributed by atoms with van der Waals surface area (Å²) in [5.41, 5.74) is 2.94. The summed E-state index contributed by atoms with van der Waals surface area (Å²) in [5, 5.41) is 8.58. The minimum atomic E-state index is -0.701. The topological polar surface area (TPSA) is 40.5 Å². The second-order valence-corrected chi connectivity index (χ2v) is 4.86. The molecule has 1 aliphatic carbocycles. The van der Waals surface area contributed by atoms with Crippen LogP contribution in [0.4, 0.5) is 0 Å². The highest BCUT2D eigenvalue weighted by atomic mass is 16.4. The van der Waals surface area contributed by atoms with E-state index in [2.05, 4.69) is 36.2 Å². The van der Waals surface area contributed by atoms with Crippen LogP contribution in [-0.4, -0.2) is 36.1 Å². The standard InChI is InChI=1S/C14H19NO2/c1-15(8-4-7-14(16)17)10-12-9-11-5-2-3-6-13(11)12/h2-3,5-6,12H,4,7-10H2,1H3,(H,16,17). The number of carboxylic acids is 1. The summed E-state index contributed by atoms with van der Waals surface area (Å²) in [6.07, 6.45) is 2.17. The van der Waals surface area contributed by atoms with Gasteiger partial charge < -0.3 is 10.0 Å². The third kappa shape index (κ3) is 3.07. The highest BCUT2D eigenvalue weighted by Gasteiger charge is 2.25. The van der Waals surface area contributed by atoms with Crippen LogP contribution in [0.25, 0.3) is 0 Å². The monoisotopic (exact) mass is 233 g/mol. The molecule has 1 N–H and O–H groups in total. The summed E-state index contributed by atoms with van der Waals surface area (Å²) >= 11 is 0. The Morgan fingerprint density at radius 2 is 2.24 bits per heavy atom. The van der Waals surface area contributed by atoms with Gasteiger partial charge in [0.15, 0.2) is 0 Å². The average Bonchev–Trinajstić information content (AvgIpc) is 2.25. The number of benzene rings is 1. The predicted octanol–water partition coefficient (Wildman–Crippen LogP) is 2.12. The van der Waals surface area contributed by atoms with Gasteiger partial charge in [-0.1, -0.05) is 24.3 Å². The molecule has 1 aliphatic rings. The fraction of sp³-hybridized carbons (Fsp3) is 0.500. The van der Waals surface area contributed by atoms with Crippen LogP contribution in [0.1, 0.15) is 29.9 Å². The summed E-state index contributed by atoms with van der Waals surface area (Å²) in [4.78, 5) is 12.7. The van der Waals surface area contributed by atoms with Crippen molar-refractivity contribution in [3.63, 3.8) is 0 Å². The van der Waals surface area contributed by atoms with Crippen molar-refractivity contribution < 1.29 is 9.90 Å². The zero-order valence-corrected chi connectivity index (χ0v) is 10.2. The van der Waals surface area contributed by atoms with Gasteiger partial charge in [0, 0.05) is 18.9 Å². The Morgan fingerprint density at radius 1 is 1.47 bits per heavy atom. The van der Waals surface area contributed by atoms with E-state index in [4.69, 9.17) is 5.11 Å². The molecule has 3 heteroatoms. The van der Waals surface area contributed by atoms with Crippen LogP contribution in [0.3, 0.4) is 0 Å². The van der Waals surface area contributed by atoms with Crippen molar-refractivity contribution in [1.29, 1.82) is 0 Å². The lowest BCUT2D eigenvalue weighted by atomic mass is 9.77. The van der Waals surface area contributed by atoms with Crippen LogP contribution in [0.5, 0.6) is 0 Å². The summed E-state index contributed by atoms with van der Waals surface area (Å²) in [6, 6.07) is 8.58. The maximum Gasteiger partial charge on any atom is 0.303 e. The van der Waals surface area contributed by atoms with Gasteiger partial charge in [-0.2, -0.15) is 0 Å². The van der Waals surface area contributed by atoms with Crippen LogP contribution >= 0.6 is 0 Å². The first-order valence-corrected chi connectivity index (χ1v) is 6.15. The van der Waals surface area contributed by atoms with E-state index in [1.807, 2.05) is 0 Å². The van der Waals surface area contributed by atoms with E-state index < -0.39 is 5.97 Å². The van der Waals surface area contributed by atoms with Crippen molar-refractivity contribution in [2.75, 3.05) is 20.1 Å². The molecule has 0 radical (unpaired) electrons. The number of aliphatic carboxylic acids is 1. The first-order chi connectivity index (χ1) is 8.16. The molecule has 1 aromatic rings. The number of carboxylic acid groups (broad SMARTS) is 1. The van der Waals surface area contributed by atoms with Gasteiger partial charge in [0.2, 0.25) is 0 Å². The minimum absolute atomic E-state index is 0.269. The van der Waals surface area contributed by atoms with E-state index in [0.29, 0.717) is 5.92 Å². The number of hydrogen-bond donors (Lipinski definition) is 1. The minimum Gasteiger partial charge on any atom is -0.481 e. The molecule has 1 aromatic carbocycles. The van der Waals surface area contributed by atoms with Gasteiger partial charge in [-0.25, -0.2) is 0 Å². The molecule has 0 spiro atoms. The quantitative estimate of drug-likeness (QED) is 0.818. The zero-order chi connectivity index (χ0) is 12.3. The zero-order valence-electron chi connectivity index (χ0n) is 10.2. The molecular weight excluding hydrogens is 214 g/mol. The number of fused-ring (bicyclic) bond motifs is 1. The van der Waals surface area contributed by atoms with Gasteiger partial charge in [-0.05, 0) is 37.6 Å². The number of carbonyl (C=O) groups is 1. The largest absolute Gasteiger partial charge is 0.481 e. The normalized spacial score (nSPS) is 17.6. The Hall–Kier alpha value is -1.35. The maximum atomic E-state index is 10.4. The van der Waals surface area contributed by atoms with Crippen molar-refractivity contribution >= 4 is 5.97 Å². The fourth-order valence-electron chi connectivity index (χ4n) is 2.49. The lowest BCUT2D eigenvalue weighted by molar-refractivity contribution is -0.137. The second kappa shape index (κ2) is 5.32. The molecule has 0 heterocycles. The average molecular weight is 233 g/mol. The molecule has 1 atom stereocenters. The molecule has 0 fully saturated rings. The summed E-state index contributed by atoms with van der Waals surface area (Å²) in [7, 11) is 2.07. The molecular formula is C14H19NO2. The molecule has 0 bridgehead atoms. The van der Waals surface area contributed by atoms with Crippen LogP contribution in [0.2, 0.25) is 0 Å². The summed E-state index contributed by atoms with van der Waals surface area (Å²) < 4.78 is 0. The fourth-order valence-corrected chi connectivity index (χ4v) is 2.49. The van der Waals surface area contributed by atoms with Gasteiger partial charge in [0.25, 0.3) is 0 Å². The number of likely N-dealkylation sites (N-methyl/N-ethyl adjacent to an activating group) is 1. The second-order valence-electron chi connectivity index (χ2n) is 4.86. The lowest BCUT2D eigenvalue weighted by Gasteiger charge is -2.33. The van der Waals surface area contributed by atoms with Crippen LogP contribution in [0, 0.1) is 0 Å². The Morgan fingerprint density at radius 3 is 2.94 bits per heavy atom. The van der Waals surface area contributed by atoms with Crippen molar-refractivity contribution in [3.8, 4) is 0 Å². The van der Waals surface area contributed by atoms with Crippen LogP contribution in [0.15, 0.2) is 24.3 Å². The van der Waals surface area contributed by atoms with E-state index in [-0.39, 0.29) is 6.42 Å². The first-order valence-electron chi connectivity index (χ1n) is 6.15. The van der Waals surface area contributed by atoms with Crippen molar-refractivity contribution in [1.82, 2.24) is 4.90 Å². The van der Waals surface area contributed by atoms with E-state index in [9.17, 15) is 4.79 Å². The van der Waals surface area contributed by atoms with Crippen molar-refractivity contribution in [2.24, 2.45) is 0 Å². The Balaban J connectivity index is 1.74. The van der Waals surface area contributed by atoms with Gasteiger partial charge in [0.05, 0.1) is 0 Å². The van der Waals surface area contributed by atoms with E-state index in [1.54, 1.807) is 0 Å². The van der Waals surface area contributed by atoms with Crippen LogP contribution < -0.4 is 0 Å². The Kier molecular flexibility index (Phi) is 3.79. The molecule has 92 valence electrons. The SMILES string of the molecule is CN(CCCC(=O)O)CC1Cc2ccccc21. The lowest BCUT2D eigenvalue weighted by Crippen LogP contribution is -2.31. The molecule has 0 aliphatic heterocycles. The molecule has 2 rings (SSSR count). The van der Waals surface area contributed by atoms with Gasteiger partial charge in [-0.15, -0.1) is 0 Å². The molecule has 0 saturated carbocycles. The van der Waals surface area contributed by atoms with Gasteiger partial charge in [0.1, 0.15) is 0 Å². The molecule has 1 unspecified atom stereocenters. The molecule has 0 amide bonds. The molecule has 3 nitrogen and oxygen atoms in total. The maximum absolute atomic E-state index is 10.4. The smallest absolute Gasteiger partial charge is 0.303 e. The number of rotatable bonds is 6. The van der Waals surface area contributed by atoms with Crippen molar-refractivity contribution in [2.45, 2.75) is 25.2 Å². The molecule has 17 heavy (non-hydrogen) atoms. The van der Waals surface area contributed by atoms with Crippen LogP contribution in [-0.2, 0) is 11.2 Å². The Bertz CT molecular complexity index is 403. The highest BCUT2D eigenvalue weighted by Crippen LogP contribution is 2.34. The van der Waals surface area contributed by atoms with E-state index in [0.717, 1.165) is 19.5 Å². The van der Waals surface area contributed by atoms with Gasteiger partial charge in [-0.3, -0.25) is 4.79 Å². The van der Waals surface area contributed by atoms with E-state index >= 15 is 0 Å². The van der Waals surface area contributed by atoms with Crippen molar-refractivity contribution in [3.05, 3.63) is 35.4 Å². The highest BCUT2D eigenvalue weighted by molar-refractivity contribution is 5.66.